The van der Waals surface area contributed by atoms with Crippen LogP contribution in [0.25, 0.3) is 0 Å². The first-order chi connectivity index (χ1) is 18.1. The number of nitrogens with two attached hydrogens (primary N) is 1. The van der Waals surface area contributed by atoms with E-state index in [2.05, 4.69) is 33.3 Å². The molecule has 10 heteroatoms. The number of rotatable bonds is 9. The zero-order chi connectivity index (χ0) is 27.3. The number of alkyl halides is 3. The first kappa shape index (κ1) is 27.6. The van der Waals surface area contributed by atoms with Crippen LogP contribution >= 0.6 is 0 Å². The van der Waals surface area contributed by atoms with Crippen molar-refractivity contribution >= 4 is 11.9 Å². The molecule has 38 heavy (non-hydrogen) atoms. The number of methoxy groups -OCH3 is 1. The van der Waals surface area contributed by atoms with Gasteiger partial charge in [-0.05, 0) is 81.3 Å². The van der Waals surface area contributed by atoms with Crippen LogP contribution < -0.4 is 11.1 Å². The van der Waals surface area contributed by atoms with Gasteiger partial charge in [0.05, 0.1) is 30.5 Å². The summed E-state index contributed by atoms with van der Waals surface area (Å²) in [6.07, 6.45) is 3.73. The number of primary amides is 1. The number of halogens is 3. The van der Waals surface area contributed by atoms with E-state index in [1.165, 1.54) is 0 Å². The molecule has 1 aromatic heterocycles. The number of aromatic nitrogens is 2. The third-order valence-corrected chi connectivity index (χ3v) is 7.35. The lowest BCUT2D eigenvalue weighted by molar-refractivity contribution is -0.138. The normalized spacial score (nSPS) is 19.0. The highest BCUT2D eigenvalue weighted by Crippen LogP contribution is 2.35. The van der Waals surface area contributed by atoms with Crippen molar-refractivity contribution in [2.24, 2.45) is 17.6 Å². The molecule has 1 aromatic carbocycles. The van der Waals surface area contributed by atoms with Crippen molar-refractivity contribution in [2.45, 2.75) is 44.7 Å². The SMILES string of the molecule is COC1=CC(C2CCN(C)CC2)CC=C1Nc1ncc(C(F)(F)F)c(CCc2ccccc2CC(N)=O)n1. The van der Waals surface area contributed by atoms with Crippen LogP contribution in [0.15, 0.2) is 54.1 Å². The number of nitrogens with one attached hydrogen (secondary N) is 1. The number of allylic oxidation sites excluding steroid dienone is 2. The van der Waals surface area contributed by atoms with Crippen molar-refractivity contribution in [3.05, 3.63) is 76.5 Å². The molecule has 4 rings (SSSR count). The quantitative estimate of drug-likeness (QED) is 0.497. The number of amides is 1. The molecule has 0 spiro atoms. The van der Waals surface area contributed by atoms with Gasteiger partial charge in [-0.3, -0.25) is 4.79 Å². The van der Waals surface area contributed by atoms with Gasteiger partial charge in [0.25, 0.3) is 0 Å². The lowest BCUT2D eigenvalue weighted by Gasteiger charge is -2.34. The van der Waals surface area contributed by atoms with E-state index >= 15 is 0 Å². The van der Waals surface area contributed by atoms with Crippen LogP contribution in [0.4, 0.5) is 19.1 Å². The lowest BCUT2D eigenvalue weighted by atomic mass is 9.80. The number of benzene rings is 1. The monoisotopic (exact) mass is 529 g/mol. The molecule has 1 atom stereocenters. The van der Waals surface area contributed by atoms with Crippen LogP contribution in [0.3, 0.4) is 0 Å². The number of anilines is 1. The minimum absolute atomic E-state index is 0.0199. The zero-order valence-corrected chi connectivity index (χ0v) is 21.7. The summed E-state index contributed by atoms with van der Waals surface area (Å²) in [5.41, 5.74) is 6.44. The molecular weight excluding hydrogens is 495 g/mol. The number of hydrogen-bond donors (Lipinski definition) is 2. The van der Waals surface area contributed by atoms with Crippen LogP contribution in [0.2, 0.25) is 0 Å². The summed E-state index contributed by atoms with van der Waals surface area (Å²) in [6.45, 7) is 2.14. The molecule has 1 amide bonds. The lowest BCUT2D eigenvalue weighted by Crippen LogP contribution is -2.33. The maximum absolute atomic E-state index is 13.8. The minimum Gasteiger partial charge on any atom is -0.495 e. The number of likely N-dealkylation sites (tertiary alicyclic amines) is 1. The fraction of sp³-hybridized carbons (Fsp3) is 0.464. The second-order valence-corrected chi connectivity index (χ2v) is 9.98. The van der Waals surface area contributed by atoms with Crippen LogP contribution in [-0.4, -0.2) is 48.0 Å². The van der Waals surface area contributed by atoms with Gasteiger partial charge in [0.15, 0.2) is 0 Å². The number of piperidine rings is 1. The number of carbonyl (C=O) groups excluding carboxylic acids is 1. The molecule has 1 saturated heterocycles. The number of hydrogen-bond acceptors (Lipinski definition) is 6. The molecule has 2 aliphatic rings. The average Bonchev–Trinajstić information content (AvgIpc) is 2.88. The average molecular weight is 530 g/mol. The fourth-order valence-electron chi connectivity index (χ4n) is 5.22. The van der Waals surface area contributed by atoms with Gasteiger partial charge >= 0.3 is 6.18 Å². The van der Waals surface area contributed by atoms with Crippen LogP contribution in [0.1, 0.15) is 41.6 Å². The molecule has 204 valence electrons. The Bertz CT molecular complexity index is 1200. The van der Waals surface area contributed by atoms with Gasteiger partial charge in [0, 0.05) is 6.20 Å². The van der Waals surface area contributed by atoms with E-state index in [4.69, 9.17) is 10.5 Å². The Kier molecular flexibility index (Phi) is 8.71. The van der Waals surface area contributed by atoms with Crippen molar-refractivity contribution < 1.29 is 22.7 Å². The number of ether oxygens (including phenoxy) is 1. The van der Waals surface area contributed by atoms with Crippen molar-refractivity contribution in [1.29, 1.82) is 0 Å². The summed E-state index contributed by atoms with van der Waals surface area (Å²) in [5.74, 6) is 1.15. The molecule has 7 nitrogen and oxygen atoms in total. The molecule has 1 fully saturated rings. The highest BCUT2D eigenvalue weighted by Gasteiger charge is 2.35. The first-order valence-electron chi connectivity index (χ1n) is 12.8. The summed E-state index contributed by atoms with van der Waals surface area (Å²) < 4.78 is 46.9. The largest absolute Gasteiger partial charge is 0.495 e. The van der Waals surface area contributed by atoms with Gasteiger partial charge in [-0.15, -0.1) is 0 Å². The maximum atomic E-state index is 13.8. The molecular formula is C28H34F3N5O2. The highest BCUT2D eigenvalue weighted by molar-refractivity contribution is 5.77. The van der Waals surface area contributed by atoms with Gasteiger partial charge in [-0.1, -0.05) is 30.3 Å². The summed E-state index contributed by atoms with van der Waals surface area (Å²) in [6, 6.07) is 7.09. The summed E-state index contributed by atoms with van der Waals surface area (Å²) in [5, 5.41) is 3.08. The molecule has 0 radical (unpaired) electrons. The van der Waals surface area contributed by atoms with Crippen molar-refractivity contribution in [3.63, 3.8) is 0 Å². The molecule has 2 aromatic rings. The summed E-state index contributed by atoms with van der Waals surface area (Å²) in [7, 11) is 3.72. The highest BCUT2D eigenvalue weighted by atomic mass is 19.4. The van der Waals surface area contributed by atoms with Crippen LogP contribution in [0.5, 0.6) is 0 Å². The van der Waals surface area contributed by atoms with E-state index in [0.29, 0.717) is 28.9 Å². The predicted molar refractivity (Wildman–Crippen MR) is 139 cm³/mol. The molecule has 1 aliphatic carbocycles. The smallest absolute Gasteiger partial charge is 0.419 e. The topological polar surface area (TPSA) is 93.4 Å². The maximum Gasteiger partial charge on any atom is 0.419 e. The molecule has 0 bridgehead atoms. The van der Waals surface area contributed by atoms with E-state index < -0.39 is 17.6 Å². The first-order valence-corrected chi connectivity index (χ1v) is 12.8. The Morgan fingerprint density at radius 1 is 1.18 bits per heavy atom. The Balaban J connectivity index is 1.52. The van der Waals surface area contributed by atoms with Gasteiger partial charge in [-0.2, -0.15) is 13.2 Å². The number of carbonyl (C=O) groups is 1. The Hall–Kier alpha value is -3.40. The second-order valence-electron chi connectivity index (χ2n) is 9.98. The standard InChI is InChI=1S/C28H34F3N5O2/c1-36-13-11-19(12-14-36)21-8-10-24(25(15-21)38-2)35-27-33-17-22(28(29,30)31)23(34-27)9-7-18-5-3-4-6-20(18)16-26(32)37/h3-6,10,15,17,19,21H,7-9,11-14,16H2,1-2H3,(H2,32,37)(H,33,34,35). The third kappa shape index (κ3) is 6.92. The zero-order valence-electron chi connectivity index (χ0n) is 21.7. The minimum atomic E-state index is -4.59. The van der Waals surface area contributed by atoms with Crippen molar-refractivity contribution in [2.75, 3.05) is 32.6 Å². The molecule has 3 N–H and O–H groups in total. The third-order valence-electron chi connectivity index (χ3n) is 7.35. The van der Waals surface area contributed by atoms with Crippen LogP contribution in [0, 0.1) is 11.8 Å². The van der Waals surface area contributed by atoms with Gasteiger partial charge in [0.1, 0.15) is 5.76 Å². The van der Waals surface area contributed by atoms with E-state index in [0.717, 1.165) is 44.1 Å². The van der Waals surface area contributed by atoms with E-state index in [1.807, 2.05) is 6.08 Å². The number of aryl methyl sites for hydroxylation is 2. The predicted octanol–water partition coefficient (Wildman–Crippen LogP) is 4.50. The van der Waals surface area contributed by atoms with E-state index in [1.54, 1.807) is 31.4 Å². The Morgan fingerprint density at radius 3 is 2.55 bits per heavy atom. The van der Waals surface area contributed by atoms with Crippen molar-refractivity contribution in [3.8, 4) is 0 Å². The van der Waals surface area contributed by atoms with Crippen LogP contribution in [-0.2, 0) is 35.0 Å². The van der Waals surface area contributed by atoms with Gasteiger partial charge in [0.2, 0.25) is 11.9 Å². The summed E-state index contributed by atoms with van der Waals surface area (Å²) >= 11 is 0. The second kappa shape index (κ2) is 12.0. The fourth-order valence-corrected chi connectivity index (χ4v) is 5.22. The van der Waals surface area contributed by atoms with Gasteiger partial charge in [-0.25, -0.2) is 9.97 Å². The van der Waals surface area contributed by atoms with Gasteiger partial charge < -0.3 is 20.7 Å². The Labute approximate surface area is 221 Å². The summed E-state index contributed by atoms with van der Waals surface area (Å²) in [4.78, 5) is 22.0. The Morgan fingerprint density at radius 2 is 1.89 bits per heavy atom. The van der Waals surface area contributed by atoms with Crippen molar-refractivity contribution in [1.82, 2.24) is 14.9 Å². The molecule has 1 unspecified atom stereocenters. The molecule has 2 heterocycles. The molecule has 0 saturated carbocycles. The molecule has 1 aliphatic heterocycles. The van der Waals surface area contributed by atoms with E-state index in [9.17, 15) is 18.0 Å². The van der Waals surface area contributed by atoms with E-state index in [-0.39, 0.29) is 30.9 Å². The number of nitrogens with zero attached hydrogens (tertiary/aromatic N) is 3.